The Hall–Kier alpha value is -10.2. The van der Waals surface area contributed by atoms with Crippen LogP contribution in [0.5, 0.6) is 0 Å². The van der Waals surface area contributed by atoms with Gasteiger partial charge in [-0.2, -0.15) is 0 Å². The van der Waals surface area contributed by atoms with Crippen molar-refractivity contribution in [2.45, 2.75) is 117 Å². The Morgan fingerprint density at radius 1 is 0.181 bits per heavy atom. The van der Waals surface area contributed by atoms with E-state index in [1.54, 1.807) is 0 Å². The Morgan fingerprint density at radius 2 is 0.486 bits per heavy atom. The summed E-state index contributed by atoms with van der Waals surface area (Å²) in [6.07, 6.45) is 0. The molecule has 9 heteroatoms. The van der Waals surface area contributed by atoms with E-state index in [-0.39, 0.29) is 55.0 Å². The summed E-state index contributed by atoms with van der Waals surface area (Å²) in [6.45, 7) is 25.1. The second-order valence-electron chi connectivity index (χ2n) is 31.6. The molecule has 3 heterocycles. The summed E-state index contributed by atoms with van der Waals surface area (Å²) in [4.78, 5) is 0. The topological polar surface area (TPSA) is 55.4 Å². The molecule has 15 aromatic rings. The van der Waals surface area contributed by atoms with Crippen molar-refractivity contribution in [2.75, 3.05) is 0 Å². The zero-order chi connectivity index (χ0) is 72.6. The zero-order valence-corrected chi connectivity index (χ0v) is 62.1. The van der Waals surface area contributed by atoms with Crippen molar-refractivity contribution < 1.29 is 27.9 Å². The molecule has 3 aliphatic heterocycles. The summed E-state index contributed by atoms with van der Waals surface area (Å²) in [7, 11) is -1.04. The fraction of sp³-hybridized carbons (Fsp3) is 0.188. The number of fused-ring (bicyclic) bond motifs is 6. The van der Waals surface area contributed by atoms with Crippen molar-refractivity contribution >= 4 is 102 Å². The van der Waals surface area contributed by atoms with Gasteiger partial charge in [-0.05, 0) is 267 Å². The molecule has 3 fully saturated rings. The Bertz CT molecular complexity index is 5730. The third kappa shape index (κ3) is 13.5. The van der Waals surface area contributed by atoms with Crippen molar-refractivity contribution in [3.63, 3.8) is 0 Å². The fourth-order valence-electron chi connectivity index (χ4n) is 14.7. The Labute approximate surface area is 619 Å². The normalized spacial score (nSPS) is 16.7. The van der Waals surface area contributed by atoms with E-state index in [0.717, 1.165) is 16.4 Å². The van der Waals surface area contributed by atoms with Gasteiger partial charge in [-0.1, -0.05) is 273 Å². The van der Waals surface area contributed by atoms with Crippen LogP contribution in [0.15, 0.2) is 309 Å². The molecule has 0 unspecified atom stereocenters. The molecule has 0 atom stereocenters. The van der Waals surface area contributed by atoms with Crippen LogP contribution in [0.3, 0.4) is 0 Å². The molecule has 0 radical (unpaired) electrons. The fourth-order valence-corrected chi connectivity index (χ4v) is 14.7. The first-order valence-corrected chi connectivity index (χ1v) is 36.9. The van der Waals surface area contributed by atoms with E-state index >= 15 is 0 Å². The average Bonchev–Trinajstić information content (AvgIpc) is 1.76. The van der Waals surface area contributed by atoms with Gasteiger partial charge in [-0.3, -0.25) is 0 Å². The highest BCUT2D eigenvalue weighted by Crippen LogP contribution is 2.43. The van der Waals surface area contributed by atoms with Crippen LogP contribution >= 0.6 is 0 Å². The van der Waals surface area contributed by atoms with Gasteiger partial charge in [0.1, 0.15) is 0 Å². The quantitative estimate of drug-likeness (QED) is 0.134. The summed E-state index contributed by atoms with van der Waals surface area (Å²) < 4.78 is 37.6. The molecule has 0 aliphatic carbocycles. The number of benzene rings is 15. The minimum absolute atomic E-state index is 0.340. The first kappa shape index (κ1) is 69.2. The van der Waals surface area contributed by atoms with E-state index in [2.05, 4.69) is 392 Å². The lowest BCUT2D eigenvalue weighted by atomic mass is 9.78. The highest BCUT2D eigenvalue weighted by molar-refractivity contribution is 6.63. The lowest BCUT2D eigenvalue weighted by molar-refractivity contribution is 0.00578. The molecule has 3 saturated heterocycles. The SMILES string of the molecule is CC1(C)OB(c2ccc3cc(-c4ccc5ccc(-c6ccccc6)cc5c4)ccc3c2)OC1(C)C.CC1(C)OB(c2ccc3cc(-c4ccc5cccc(-c6ccccc6)c5c4)ccc3c2)OC1(C)C.CC1(C)OB(c2ccc3cc(-c4ccc5ccccc5c4-c4ccccc4)ccc3c2)OC1(C)C. The summed E-state index contributed by atoms with van der Waals surface area (Å²) in [5, 5.41) is 14.7. The maximum Gasteiger partial charge on any atom is 0.494 e. The standard InChI is InChI=1S/3C32H29BO2/c1-31(2)32(3,4)35-33(34-31)27-18-16-24-20-26(15-14-25(24)21-27)29-19-17-22-10-8-9-13-28(22)30(29)23-11-6-5-7-12-23;1-31(2)32(3,4)35-33(34-31)28-18-17-25-19-24(15-16-26(25)20-28)27-14-13-23-11-8-12-29(30(23)21-27)22-9-6-5-7-10-22;1-31(2)32(3,4)35-33(34-31)30-17-16-27-18-25(14-15-28(27)21-30)26-13-11-23-10-12-24(19-29(23)20-26)22-8-6-5-7-9-22/h3*5-21H,1-4H3. The van der Waals surface area contributed by atoms with Crippen LogP contribution in [0.4, 0.5) is 0 Å². The van der Waals surface area contributed by atoms with Gasteiger partial charge in [0.15, 0.2) is 0 Å². The first-order chi connectivity index (χ1) is 50.4. The van der Waals surface area contributed by atoms with E-state index in [1.165, 1.54) is 131 Å². The average molecular weight is 1370 g/mol. The van der Waals surface area contributed by atoms with Gasteiger partial charge in [0.2, 0.25) is 0 Å². The molecular weight excluding hydrogens is 1280 g/mol. The summed E-state index contributed by atoms with van der Waals surface area (Å²) >= 11 is 0. The van der Waals surface area contributed by atoms with E-state index in [1.807, 2.05) is 0 Å². The smallest absolute Gasteiger partial charge is 0.399 e. The predicted octanol–water partition coefficient (Wildman–Crippen LogP) is 22.9. The number of hydrogen-bond acceptors (Lipinski definition) is 6. The van der Waals surface area contributed by atoms with Crippen LogP contribution in [0.2, 0.25) is 0 Å². The van der Waals surface area contributed by atoms with E-state index in [0.29, 0.717) is 0 Å². The number of hydrogen-bond donors (Lipinski definition) is 0. The molecule has 105 heavy (non-hydrogen) atoms. The summed E-state index contributed by atoms with van der Waals surface area (Å²) in [5.41, 5.74) is 15.9. The Balaban J connectivity index is 0.000000121. The number of rotatable bonds is 9. The van der Waals surface area contributed by atoms with E-state index in [4.69, 9.17) is 27.9 Å². The summed E-state index contributed by atoms with van der Waals surface area (Å²) in [5.74, 6) is 0. The first-order valence-electron chi connectivity index (χ1n) is 36.9. The van der Waals surface area contributed by atoms with Gasteiger partial charge in [-0.15, -0.1) is 0 Å². The van der Waals surface area contributed by atoms with Crippen molar-refractivity contribution in [3.05, 3.63) is 309 Å². The molecule has 0 aromatic heterocycles. The highest BCUT2D eigenvalue weighted by atomic mass is 16.7. The molecule has 6 nitrogen and oxygen atoms in total. The van der Waals surface area contributed by atoms with Gasteiger partial charge in [0, 0.05) is 0 Å². The predicted molar refractivity (Wildman–Crippen MR) is 444 cm³/mol. The minimum atomic E-state index is -0.353. The monoisotopic (exact) mass is 1370 g/mol. The molecule has 15 aromatic carbocycles. The largest absolute Gasteiger partial charge is 0.494 e. The Morgan fingerprint density at radius 3 is 0.943 bits per heavy atom. The van der Waals surface area contributed by atoms with Crippen LogP contribution in [0, 0.1) is 0 Å². The zero-order valence-electron chi connectivity index (χ0n) is 62.1. The lowest BCUT2D eigenvalue weighted by Crippen LogP contribution is -2.41. The summed E-state index contributed by atoms with van der Waals surface area (Å²) in [6, 6.07) is 111. The highest BCUT2D eigenvalue weighted by Gasteiger charge is 2.54. The molecular formula is C96H87B3O6. The van der Waals surface area contributed by atoms with Gasteiger partial charge in [0.05, 0.1) is 33.6 Å². The maximum atomic E-state index is 6.28. The molecule has 18 rings (SSSR count). The van der Waals surface area contributed by atoms with Gasteiger partial charge < -0.3 is 27.9 Å². The van der Waals surface area contributed by atoms with Gasteiger partial charge in [0.25, 0.3) is 0 Å². The molecule has 516 valence electrons. The van der Waals surface area contributed by atoms with Gasteiger partial charge >= 0.3 is 21.4 Å². The van der Waals surface area contributed by atoms with Crippen molar-refractivity contribution in [1.29, 1.82) is 0 Å². The van der Waals surface area contributed by atoms with Crippen LogP contribution in [0.25, 0.3) is 131 Å². The van der Waals surface area contributed by atoms with Crippen molar-refractivity contribution in [1.82, 2.24) is 0 Å². The molecule has 0 spiro atoms. The lowest BCUT2D eigenvalue weighted by Gasteiger charge is -2.32. The molecule has 0 N–H and O–H groups in total. The molecule has 0 saturated carbocycles. The third-order valence-electron chi connectivity index (χ3n) is 23.1. The van der Waals surface area contributed by atoms with E-state index < -0.39 is 0 Å². The third-order valence-corrected chi connectivity index (χ3v) is 23.1. The second kappa shape index (κ2) is 27.1. The van der Waals surface area contributed by atoms with Crippen LogP contribution < -0.4 is 16.4 Å². The molecule has 0 bridgehead atoms. The van der Waals surface area contributed by atoms with Crippen molar-refractivity contribution in [2.24, 2.45) is 0 Å². The molecule has 0 amide bonds. The Kier molecular flexibility index (Phi) is 17.8. The maximum absolute atomic E-state index is 6.28. The molecule has 3 aliphatic rings. The van der Waals surface area contributed by atoms with Crippen molar-refractivity contribution in [3.8, 4) is 66.8 Å². The van der Waals surface area contributed by atoms with Crippen LogP contribution in [0.1, 0.15) is 83.1 Å². The van der Waals surface area contributed by atoms with Gasteiger partial charge in [-0.25, -0.2) is 0 Å². The minimum Gasteiger partial charge on any atom is -0.399 e. The van der Waals surface area contributed by atoms with Crippen LogP contribution in [-0.2, 0) is 27.9 Å². The van der Waals surface area contributed by atoms with Crippen LogP contribution in [-0.4, -0.2) is 55.0 Å². The van der Waals surface area contributed by atoms with E-state index in [9.17, 15) is 0 Å². The second-order valence-corrected chi connectivity index (χ2v) is 31.6.